The third-order valence-corrected chi connectivity index (χ3v) is 13.6. The Kier molecular flexibility index (Phi) is 17.7. The Labute approximate surface area is 383 Å². The zero-order chi connectivity index (χ0) is 49.8. The highest BCUT2D eigenvalue weighted by molar-refractivity contribution is 5.22. The van der Waals surface area contributed by atoms with Gasteiger partial charge in [-0.25, -0.2) is 0 Å². The van der Waals surface area contributed by atoms with Gasteiger partial charge in [0.25, 0.3) is 0 Å². The Hall–Kier alpha value is -1.24. The lowest BCUT2D eigenvalue weighted by molar-refractivity contribution is -0.392. The van der Waals surface area contributed by atoms with Crippen LogP contribution in [0.1, 0.15) is 0 Å². The summed E-state index contributed by atoms with van der Waals surface area (Å²) in [6.07, 6.45) is -51.6. The van der Waals surface area contributed by atoms with Crippen LogP contribution in [0.2, 0.25) is 0 Å². The maximum absolute atomic E-state index is 11.2. The van der Waals surface area contributed by atoms with Crippen molar-refractivity contribution in [2.75, 3.05) is 39.6 Å². The molecule has 0 bridgehead atoms. The van der Waals surface area contributed by atoms with Gasteiger partial charge in [-0.3, -0.25) is 0 Å². The first-order valence-electron chi connectivity index (χ1n) is 21.7. The summed E-state index contributed by atoms with van der Waals surface area (Å²) in [6.45, 7) is -5.47. The minimum atomic E-state index is -2.16. The van der Waals surface area contributed by atoms with Gasteiger partial charge in [-0.1, -0.05) is 0 Å². The summed E-state index contributed by atoms with van der Waals surface area (Å²) in [7, 11) is 0. The summed E-state index contributed by atoms with van der Waals surface area (Å²) in [5, 5.41) is 214. The number of ether oxygens (including phenoxy) is 10. The monoisotopic (exact) mass is 1000 g/mol. The predicted octanol–water partition coefficient (Wildman–Crippen LogP) is -14.7. The molecule has 1 saturated carbocycles. The van der Waals surface area contributed by atoms with Crippen LogP contribution in [0.25, 0.3) is 0 Å². The van der Waals surface area contributed by atoms with Crippen LogP contribution in [-0.2, 0) is 47.4 Å². The van der Waals surface area contributed by atoms with Gasteiger partial charge in [-0.15, -0.1) is 0 Å². The van der Waals surface area contributed by atoms with Crippen molar-refractivity contribution in [3.05, 3.63) is 0 Å². The zero-order valence-corrected chi connectivity index (χ0v) is 35.6. The van der Waals surface area contributed by atoms with Crippen molar-refractivity contribution in [3.63, 3.8) is 0 Å². The second-order valence-corrected chi connectivity index (χ2v) is 17.8. The first kappa shape index (κ1) is 54.5. The van der Waals surface area contributed by atoms with Gasteiger partial charge in [0.1, 0.15) is 146 Å². The summed E-state index contributed by atoms with van der Waals surface area (Å²) in [5.74, 6) is 0. The quantitative estimate of drug-likeness (QED) is 0.0638. The fourth-order valence-corrected chi connectivity index (χ4v) is 9.57. The van der Waals surface area contributed by atoms with Crippen LogP contribution in [0, 0.1) is 0 Å². The van der Waals surface area contributed by atoms with E-state index in [4.69, 9.17) is 47.4 Å². The maximum Gasteiger partial charge on any atom is 0.187 e. The van der Waals surface area contributed by atoms with E-state index in [0.29, 0.717) is 0 Å². The maximum atomic E-state index is 11.2. The van der Waals surface area contributed by atoms with Crippen LogP contribution < -0.4 is 5.32 Å². The lowest BCUT2D eigenvalue weighted by atomic mass is 9.79. The van der Waals surface area contributed by atoms with Crippen LogP contribution >= 0.6 is 0 Å². The van der Waals surface area contributed by atoms with Crippen LogP contribution in [0.3, 0.4) is 0 Å². The molecule has 7 fully saturated rings. The molecule has 396 valence electrons. The fraction of sp³-hybridized carbons (Fsp3) is 1.00. The van der Waals surface area contributed by atoms with Crippen molar-refractivity contribution in [2.24, 2.45) is 0 Å². The number of fused-ring (bicyclic) bond motifs is 1. The molecule has 0 radical (unpaired) electrons. The Morgan fingerprint density at radius 2 is 0.676 bits per heavy atom. The van der Waals surface area contributed by atoms with E-state index >= 15 is 0 Å². The zero-order valence-electron chi connectivity index (χ0n) is 35.6. The van der Waals surface area contributed by atoms with Crippen molar-refractivity contribution in [3.8, 4) is 0 Å². The molecule has 0 aromatic carbocycles. The summed E-state index contributed by atoms with van der Waals surface area (Å²) in [4.78, 5) is 0. The molecule has 6 heterocycles. The van der Waals surface area contributed by atoms with E-state index in [9.17, 15) is 102 Å². The van der Waals surface area contributed by atoms with Crippen LogP contribution in [-0.4, -0.2) is 331 Å². The Morgan fingerprint density at radius 3 is 1.04 bits per heavy atom. The van der Waals surface area contributed by atoms with Gasteiger partial charge in [0.2, 0.25) is 0 Å². The van der Waals surface area contributed by atoms with Gasteiger partial charge in [0, 0.05) is 0 Å². The first-order chi connectivity index (χ1) is 32.2. The minimum absolute atomic E-state index is 0.750. The molecule has 6 aliphatic heterocycles. The van der Waals surface area contributed by atoms with Crippen LogP contribution in [0.4, 0.5) is 0 Å². The molecule has 6 saturated heterocycles. The summed E-state index contributed by atoms with van der Waals surface area (Å²) in [5.41, 5.74) is -1.65. The molecule has 1 aliphatic carbocycles. The number of hydrogen-bond acceptors (Lipinski definition) is 31. The van der Waals surface area contributed by atoms with E-state index < -0.39 is 229 Å². The Morgan fingerprint density at radius 1 is 0.353 bits per heavy atom. The highest BCUT2D eigenvalue weighted by Gasteiger charge is 2.72. The third kappa shape index (κ3) is 9.94. The summed E-state index contributed by atoms with van der Waals surface area (Å²) < 4.78 is 55.4. The van der Waals surface area contributed by atoms with Gasteiger partial charge in [0.15, 0.2) is 31.5 Å². The van der Waals surface area contributed by atoms with Gasteiger partial charge >= 0.3 is 0 Å². The molecule has 0 aromatic rings. The van der Waals surface area contributed by atoms with Gasteiger partial charge in [-0.05, 0) is 0 Å². The predicted molar refractivity (Wildman–Crippen MR) is 204 cm³/mol. The first-order valence-corrected chi connectivity index (χ1v) is 21.7. The van der Waals surface area contributed by atoms with E-state index in [0.717, 1.165) is 0 Å². The second kappa shape index (κ2) is 22.1. The van der Waals surface area contributed by atoms with Crippen LogP contribution in [0.15, 0.2) is 0 Å². The van der Waals surface area contributed by atoms with Crippen LogP contribution in [0.5, 0.6) is 0 Å². The van der Waals surface area contributed by atoms with E-state index in [2.05, 4.69) is 5.32 Å². The molecule has 68 heavy (non-hydrogen) atoms. The molecular weight excluding hydrogens is 938 g/mol. The lowest BCUT2D eigenvalue weighted by Gasteiger charge is -2.50. The standard InChI is InChI=1S/C37H63NO30/c39-1-7-12(38-13-15(46)20(51)30(57)37(6-44)31(13)68-37)14(45)22(53)33(60-7)65-27-9(3-41)62-35(24(55)17(27)48)67-29-11(5-43)63-36(25(56)19(29)50)66-28-10(4-42)61-34(23(54)18(28)49)64-26-8(2-40)59-32(58)21(52)16(26)47/h7-36,38-58H,1-6H2/t7-,8-,9-,10-,11-,12-,13-,14+,15+,16-,17-,18-,19-,20-,21-,22-,23-,24-,25-,26-,27-,28-,29-,30+,31-,32+,33-,34-,35-,36-,37+/m1/s1. The molecule has 31 atom stereocenters. The fourth-order valence-electron chi connectivity index (χ4n) is 9.57. The van der Waals surface area contributed by atoms with Crippen molar-refractivity contribution >= 4 is 0 Å². The topological polar surface area (TPSA) is 512 Å². The van der Waals surface area contributed by atoms with Crippen molar-refractivity contribution in [1.29, 1.82) is 0 Å². The molecule has 7 aliphatic rings. The number of nitrogens with one attached hydrogen (secondary N) is 1. The number of aliphatic hydroxyl groups excluding tert-OH is 20. The van der Waals surface area contributed by atoms with Crippen molar-refractivity contribution < 1.29 is 149 Å². The lowest BCUT2D eigenvalue weighted by Crippen LogP contribution is -2.71. The molecule has 0 aromatic heterocycles. The molecule has 31 nitrogen and oxygen atoms in total. The number of rotatable bonds is 16. The molecule has 21 N–H and O–H groups in total. The van der Waals surface area contributed by atoms with E-state index in [1.54, 1.807) is 0 Å². The Balaban J connectivity index is 0.963. The molecule has 0 amide bonds. The largest absolute Gasteiger partial charge is 0.394 e. The minimum Gasteiger partial charge on any atom is -0.394 e. The smallest absolute Gasteiger partial charge is 0.187 e. The second-order valence-electron chi connectivity index (χ2n) is 17.8. The molecule has 7 rings (SSSR count). The highest BCUT2D eigenvalue weighted by Crippen LogP contribution is 2.48. The number of aliphatic hydroxyl groups is 20. The summed E-state index contributed by atoms with van der Waals surface area (Å²) in [6, 6.07) is -2.71. The normalized spacial score (nSPS) is 55.4. The van der Waals surface area contributed by atoms with E-state index in [1.807, 2.05) is 0 Å². The van der Waals surface area contributed by atoms with E-state index in [1.165, 1.54) is 0 Å². The molecule has 31 heteroatoms. The van der Waals surface area contributed by atoms with Crippen molar-refractivity contribution in [1.82, 2.24) is 5.32 Å². The average Bonchev–Trinajstić information content (AvgIpc) is 4.09. The number of hydrogen-bond donors (Lipinski definition) is 21. The average molecular weight is 1000 g/mol. The van der Waals surface area contributed by atoms with Gasteiger partial charge in [-0.2, -0.15) is 0 Å². The molecular formula is C37H63NO30. The van der Waals surface area contributed by atoms with Crippen molar-refractivity contribution in [2.45, 2.75) is 190 Å². The molecule has 0 unspecified atom stereocenters. The SMILES string of the molecule is OC[C@H]1O[C@H](O[C@H]2[C@H](O)[C@@H](O)[C@@H](O[C@H]3[C@H](O)[C@@H](O)[C@@H](O[C@H]4[C@H](O)[C@@H](O)[C@@H](O[C@H]5[C@H](O)[C@@H](O)[C@@H](O)O[C@@H]5CO)O[C@@H]4CO)O[C@@H]3CO)O[C@@H]2CO)[C@H](O)[C@@H](O)[C@@H]1N[C@@H]1[C@H](O)[C@@H](O)[C@H](O)[C@]2(CO)O[C@H]12. The highest BCUT2D eigenvalue weighted by atomic mass is 16.8. The van der Waals surface area contributed by atoms with Gasteiger partial charge < -0.3 is 155 Å². The molecule has 0 spiro atoms. The van der Waals surface area contributed by atoms with E-state index in [-0.39, 0.29) is 0 Å². The number of epoxide rings is 1. The summed E-state index contributed by atoms with van der Waals surface area (Å²) >= 11 is 0. The van der Waals surface area contributed by atoms with Gasteiger partial charge in [0.05, 0.1) is 51.7 Å². The Bertz CT molecular complexity index is 1610. The third-order valence-electron chi connectivity index (χ3n) is 13.6.